The molecule has 0 radical (unpaired) electrons. The Labute approximate surface area is 151 Å². The van der Waals surface area contributed by atoms with Crippen molar-refractivity contribution in [1.29, 1.82) is 0 Å². The Kier molecular flexibility index (Phi) is 11.6. The van der Waals surface area contributed by atoms with Gasteiger partial charge in [-0.2, -0.15) is 0 Å². The van der Waals surface area contributed by atoms with Crippen molar-refractivity contribution in [3.63, 3.8) is 0 Å². The first-order valence-corrected chi connectivity index (χ1v) is 9.01. The van der Waals surface area contributed by atoms with Gasteiger partial charge in [-0.15, -0.1) is 0 Å². The maximum atomic E-state index is 12.8. The molecule has 1 N–H and O–H groups in total. The third-order valence-electron chi connectivity index (χ3n) is 3.11. The SMILES string of the molecule is CC.CCCC(CCOc1ccc(F)cn1)CNC(=O)OC(C)(C)C. The van der Waals surface area contributed by atoms with Crippen molar-refractivity contribution in [2.45, 2.75) is 66.4 Å². The number of aromatic nitrogens is 1. The van der Waals surface area contributed by atoms with Gasteiger partial charge < -0.3 is 14.8 Å². The molecule has 5 nitrogen and oxygen atoms in total. The highest BCUT2D eigenvalue weighted by molar-refractivity contribution is 5.67. The van der Waals surface area contributed by atoms with Crippen LogP contribution in [0.3, 0.4) is 0 Å². The molecule has 1 rings (SSSR count). The zero-order valence-corrected chi connectivity index (χ0v) is 16.4. The second kappa shape index (κ2) is 12.5. The molecule has 1 heterocycles. The van der Waals surface area contributed by atoms with Gasteiger partial charge in [0.15, 0.2) is 0 Å². The minimum atomic E-state index is -0.498. The molecular formula is C19H33FN2O3. The van der Waals surface area contributed by atoms with Crippen molar-refractivity contribution >= 4 is 6.09 Å². The average Bonchev–Trinajstić information content (AvgIpc) is 2.55. The molecule has 6 heteroatoms. The molecule has 0 aliphatic rings. The summed E-state index contributed by atoms with van der Waals surface area (Å²) < 4.78 is 23.5. The highest BCUT2D eigenvalue weighted by Gasteiger charge is 2.17. The van der Waals surface area contributed by atoms with E-state index in [1.807, 2.05) is 34.6 Å². The van der Waals surface area contributed by atoms with Gasteiger partial charge in [0.1, 0.15) is 11.4 Å². The lowest BCUT2D eigenvalue weighted by Gasteiger charge is -2.22. The Morgan fingerprint density at radius 3 is 2.48 bits per heavy atom. The number of alkyl carbamates (subject to hydrolysis) is 1. The Hall–Kier alpha value is -1.85. The van der Waals surface area contributed by atoms with Crippen LogP contribution in [0.15, 0.2) is 18.3 Å². The molecule has 0 saturated carbocycles. The van der Waals surface area contributed by atoms with E-state index in [1.165, 1.54) is 12.1 Å². The highest BCUT2D eigenvalue weighted by atomic mass is 19.1. The summed E-state index contributed by atoms with van der Waals surface area (Å²) in [6.45, 7) is 12.6. The van der Waals surface area contributed by atoms with E-state index in [9.17, 15) is 9.18 Å². The van der Waals surface area contributed by atoms with Gasteiger partial charge in [-0.05, 0) is 45.6 Å². The molecule has 0 spiro atoms. The summed E-state index contributed by atoms with van der Waals surface area (Å²) in [5, 5.41) is 2.80. The van der Waals surface area contributed by atoms with Gasteiger partial charge in [0.05, 0.1) is 12.8 Å². The Bertz CT molecular complexity index is 473. The maximum Gasteiger partial charge on any atom is 0.407 e. The molecule has 0 fully saturated rings. The van der Waals surface area contributed by atoms with E-state index in [2.05, 4.69) is 17.2 Å². The van der Waals surface area contributed by atoms with Gasteiger partial charge in [-0.3, -0.25) is 0 Å². The normalized spacial score (nSPS) is 11.8. The van der Waals surface area contributed by atoms with Crippen LogP contribution in [0, 0.1) is 11.7 Å². The van der Waals surface area contributed by atoms with Crippen LogP contribution in [-0.4, -0.2) is 29.8 Å². The fraction of sp³-hybridized carbons (Fsp3) is 0.684. The van der Waals surface area contributed by atoms with Crippen LogP contribution in [0.4, 0.5) is 9.18 Å². The fourth-order valence-electron chi connectivity index (χ4n) is 2.08. The first kappa shape index (κ1) is 23.1. The van der Waals surface area contributed by atoms with Gasteiger partial charge in [0.25, 0.3) is 0 Å². The maximum absolute atomic E-state index is 12.8. The molecule has 1 atom stereocenters. The number of amides is 1. The van der Waals surface area contributed by atoms with Crippen molar-refractivity contribution in [2.24, 2.45) is 5.92 Å². The summed E-state index contributed by atoms with van der Waals surface area (Å²) in [4.78, 5) is 15.5. The number of ether oxygens (including phenoxy) is 2. The van der Waals surface area contributed by atoms with Crippen LogP contribution in [-0.2, 0) is 4.74 Å². The molecular weight excluding hydrogens is 323 g/mol. The van der Waals surface area contributed by atoms with Crippen LogP contribution in [0.25, 0.3) is 0 Å². The van der Waals surface area contributed by atoms with Gasteiger partial charge in [0, 0.05) is 12.6 Å². The highest BCUT2D eigenvalue weighted by Crippen LogP contribution is 2.13. The van der Waals surface area contributed by atoms with E-state index in [-0.39, 0.29) is 5.82 Å². The predicted molar refractivity (Wildman–Crippen MR) is 98.3 cm³/mol. The fourth-order valence-corrected chi connectivity index (χ4v) is 2.08. The number of nitrogens with one attached hydrogen (secondary N) is 1. The average molecular weight is 356 g/mol. The van der Waals surface area contributed by atoms with Crippen LogP contribution >= 0.6 is 0 Å². The Morgan fingerprint density at radius 2 is 1.96 bits per heavy atom. The minimum absolute atomic E-state index is 0.299. The van der Waals surface area contributed by atoms with E-state index in [4.69, 9.17) is 9.47 Å². The number of rotatable bonds is 8. The molecule has 0 aromatic carbocycles. The predicted octanol–water partition coefficient (Wildman–Crippen LogP) is 4.96. The van der Waals surface area contributed by atoms with Crippen LogP contribution < -0.4 is 10.1 Å². The summed E-state index contributed by atoms with van der Waals surface area (Å²) in [6.07, 6.45) is 3.51. The number of hydrogen-bond donors (Lipinski definition) is 1. The zero-order chi connectivity index (χ0) is 19.3. The molecule has 144 valence electrons. The first-order valence-electron chi connectivity index (χ1n) is 9.01. The number of carbonyl (C=O) groups excluding carboxylic acids is 1. The van der Waals surface area contributed by atoms with Crippen molar-refractivity contribution in [2.75, 3.05) is 13.2 Å². The van der Waals surface area contributed by atoms with Gasteiger partial charge in [-0.25, -0.2) is 14.2 Å². The van der Waals surface area contributed by atoms with E-state index in [0.717, 1.165) is 25.5 Å². The monoisotopic (exact) mass is 356 g/mol. The van der Waals surface area contributed by atoms with Gasteiger partial charge >= 0.3 is 6.09 Å². The number of carbonyl (C=O) groups is 1. The largest absolute Gasteiger partial charge is 0.478 e. The summed E-state index contributed by atoms with van der Waals surface area (Å²) in [5.41, 5.74) is -0.498. The van der Waals surface area contributed by atoms with Gasteiger partial charge in [0.2, 0.25) is 5.88 Å². The molecule has 1 unspecified atom stereocenters. The van der Waals surface area contributed by atoms with Crippen LogP contribution in [0.2, 0.25) is 0 Å². The molecule has 1 aromatic rings. The third-order valence-corrected chi connectivity index (χ3v) is 3.11. The lowest BCUT2D eigenvalue weighted by atomic mass is 10.0. The zero-order valence-electron chi connectivity index (χ0n) is 16.4. The van der Waals surface area contributed by atoms with Crippen LogP contribution in [0.5, 0.6) is 5.88 Å². The molecule has 1 aromatic heterocycles. The van der Waals surface area contributed by atoms with Crippen molar-refractivity contribution in [3.05, 3.63) is 24.1 Å². The second-order valence-electron chi connectivity index (χ2n) is 6.49. The summed E-state index contributed by atoms with van der Waals surface area (Å²) in [7, 11) is 0. The lowest BCUT2D eigenvalue weighted by molar-refractivity contribution is 0.0515. The second-order valence-corrected chi connectivity index (χ2v) is 6.49. The first-order chi connectivity index (χ1) is 11.8. The number of nitrogens with zero attached hydrogens (tertiary/aromatic N) is 1. The Balaban J connectivity index is 0.00000277. The summed E-state index contributed by atoms with van der Waals surface area (Å²) >= 11 is 0. The molecule has 0 aliphatic heterocycles. The van der Waals surface area contributed by atoms with Crippen molar-refractivity contribution in [1.82, 2.24) is 10.3 Å². The molecule has 1 amide bonds. The lowest BCUT2D eigenvalue weighted by Crippen LogP contribution is -2.35. The van der Waals surface area contributed by atoms with E-state index in [1.54, 1.807) is 0 Å². The van der Waals surface area contributed by atoms with E-state index < -0.39 is 11.7 Å². The smallest absolute Gasteiger partial charge is 0.407 e. The summed E-state index contributed by atoms with van der Waals surface area (Å²) in [6, 6.07) is 2.82. The van der Waals surface area contributed by atoms with Gasteiger partial charge in [-0.1, -0.05) is 27.2 Å². The Morgan fingerprint density at radius 1 is 1.28 bits per heavy atom. The number of hydrogen-bond acceptors (Lipinski definition) is 4. The molecule has 0 saturated heterocycles. The molecule has 25 heavy (non-hydrogen) atoms. The third kappa shape index (κ3) is 12.2. The topological polar surface area (TPSA) is 60.5 Å². The van der Waals surface area contributed by atoms with Crippen LogP contribution in [0.1, 0.15) is 60.8 Å². The van der Waals surface area contributed by atoms with Crippen molar-refractivity contribution in [3.8, 4) is 5.88 Å². The number of pyridine rings is 1. The molecule has 0 bridgehead atoms. The van der Waals surface area contributed by atoms with Crippen molar-refractivity contribution < 1.29 is 18.7 Å². The molecule has 0 aliphatic carbocycles. The van der Waals surface area contributed by atoms with E-state index in [0.29, 0.717) is 24.9 Å². The minimum Gasteiger partial charge on any atom is -0.478 e. The number of halogens is 1. The quantitative estimate of drug-likeness (QED) is 0.715. The summed E-state index contributed by atoms with van der Waals surface area (Å²) in [5.74, 6) is 0.317. The van der Waals surface area contributed by atoms with E-state index >= 15 is 0 Å². The standard InChI is InChI=1S/C17H27FN2O3.C2H6/c1-5-6-13(11-20-16(21)23-17(2,3)4)9-10-22-15-8-7-14(18)12-19-15;1-2/h7-8,12-13H,5-6,9-11H2,1-4H3,(H,20,21);1-2H3.